The standard InChI is InChI=1S/C14H18N2O3S/c1-19-13-9-12(10-13)16-20(17,18)14-6-2-4-11(8-14)5-3-7-15/h2,4,6,8,12-13,16H,7,9-10,15H2,1H3. The second kappa shape index (κ2) is 6.37. The van der Waals surface area contributed by atoms with Gasteiger partial charge in [-0.05, 0) is 31.0 Å². The summed E-state index contributed by atoms with van der Waals surface area (Å²) in [6.07, 6.45) is 1.58. The van der Waals surface area contributed by atoms with Crippen LogP contribution in [0.2, 0.25) is 0 Å². The highest BCUT2D eigenvalue weighted by atomic mass is 32.2. The highest BCUT2D eigenvalue weighted by molar-refractivity contribution is 7.89. The molecule has 20 heavy (non-hydrogen) atoms. The zero-order chi connectivity index (χ0) is 14.6. The molecule has 6 heteroatoms. The Balaban J connectivity index is 2.09. The quantitative estimate of drug-likeness (QED) is 0.790. The van der Waals surface area contributed by atoms with Crippen LogP contribution in [0.1, 0.15) is 18.4 Å². The second-order valence-corrected chi connectivity index (χ2v) is 6.40. The maximum atomic E-state index is 12.2. The van der Waals surface area contributed by atoms with Gasteiger partial charge in [-0.25, -0.2) is 13.1 Å². The predicted octanol–water partition coefficient (Wildman–Crippen LogP) is 0.453. The molecule has 0 radical (unpaired) electrons. The minimum atomic E-state index is -3.50. The largest absolute Gasteiger partial charge is 0.381 e. The number of rotatable bonds is 4. The average molecular weight is 294 g/mol. The first-order chi connectivity index (χ1) is 9.55. The van der Waals surface area contributed by atoms with Crippen molar-refractivity contribution in [2.45, 2.75) is 29.9 Å². The van der Waals surface area contributed by atoms with E-state index in [1.54, 1.807) is 31.4 Å². The van der Waals surface area contributed by atoms with Gasteiger partial charge in [0.15, 0.2) is 0 Å². The second-order valence-electron chi connectivity index (χ2n) is 4.68. The lowest BCUT2D eigenvalue weighted by Gasteiger charge is -2.34. The number of nitrogens with one attached hydrogen (secondary N) is 1. The fourth-order valence-electron chi connectivity index (χ4n) is 2.04. The topological polar surface area (TPSA) is 81.4 Å². The summed E-state index contributed by atoms with van der Waals surface area (Å²) in [7, 11) is -1.87. The van der Waals surface area contributed by atoms with Crippen molar-refractivity contribution in [1.82, 2.24) is 4.72 Å². The first kappa shape index (κ1) is 15.0. The number of nitrogens with two attached hydrogens (primary N) is 1. The van der Waals surface area contributed by atoms with E-state index in [0.29, 0.717) is 18.4 Å². The molecule has 108 valence electrons. The number of hydrogen-bond acceptors (Lipinski definition) is 4. The molecule has 0 aromatic heterocycles. The van der Waals surface area contributed by atoms with Crippen LogP contribution in [0.4, 0.5) is 0 Å². The number of sulfonamides is 1. The summed E-state index contributed by atoms with van der Waals surface area (Å²) in [5, 5.41) is 0. The molecule has 0 saturated heterocycles. The van der Waals surface area contributed by atoms with Crippen LogP contribution in [0.15, 0.2) is 29.2 Å². The monoisotopic (exact) mass is 294 g/mol. The molecule has 1 fully saturated rings. The lowest BCUT2D eigenvalue weighted by molar-refractivity contribution is 0.0236. The van der Waals surface area contributed by atoms with E-state index in [1.807, 2.05) is 0 Å². The van der Waals surface area contributed by atoms with E-state index < -0.39 is 10.0 Å². The van der Waals surface area contributed by atoms with Gasteiger partial charge in [0.05, 0.1) is 17.5 Å². The van der Waals surface area contributed by atoms with Gasteiger partial charge in [-0.2, -0.15) is 0 Å². The first-order valence-electron chi connectivity index (χ1n) is 6.39. The third kappa shape index (κ3) is 3.58. The number of methoxy groups -OCH3 is 1. The fraction of sp³-hybridized carbons (Fsp3) is 0.429. The molecule has 1 aromatic rings. The van der Waals surface area contributed by atoms with Crippen LogP contribution in [0.5, 0.6) is 0 Å². The van der Waals surface area contributed by atoms with E-state index in [2.05, 4.69) is 16.6 Å². The molecule has 1 aromatic carbocycles. The zero-order valence-corrected chi connectivity index (χ0v) is 12.1. The molecular weight excluding hydrogens is 276 g/mol. The highest BCUT2D eigenvalue weighted by Gasteiger charge is 2.32. The van der Waals surface area contributed by atoms with Gasteiger partial charge in [-0.1, -0.05) is 17.9 Å². The molecule has 1 aliphatic carbocycles. The van der Waals surface area contributed by atoms with Crippen molar-refractivity contribution in [3.8, 4) is 11.8 Å². The van der Waals surface area contributed by atoms with Crippen LogP contribution in [-0.4, -0.2) is 34.2 Å². The molecule has 1 aliphatic rings. The summed E-state index contributed by atoms with van der Waals surface area (Å²) >= 11 is 0. The third-order valence-corrected chi connectivity index (χ3v) is 4.75. The minimum Gasteiger partial charge on any atom is -0.381 e. The molecule has 0 amide bonds. The minimum absolute atomic E-state index is 0.0521. The van der Waals surface area contributed by atoms with Gasteiger partial charge in [0.2, 0.25) is 10.0 Å². The van der Waals surface area contributed by atoms with Crippen molar-refractivity contribution in [2.75, 3.05) is 13.7 Å². The van der Waals surface area contributed by atoms with E-state index in [-0.39, 0.29) is 23.6 Å². The molecule has 1 saturated carbocycles. The van der Waals surface area contributed by atoms with Crippen LogP contribution in [0, 0.1) is 11.8 Å². The Hall–Kier alpha value is -1.39. The normalized spacial score (nSPS) is 21.7. The van der Waals surface area contributed by atoms with Crippen molar-refractivity contribution in [1.29, 1.82) is 0 Å². The van der Waals surface area contributed by atoms with E-state index in [4.69, 9.17) is 10.5 Å². The fourth-order valence-corrected chi connectivity index (χ4v) is 3.34. The van der Waals surface area contributed by atoms with Gasteiger partial charge in [0.25, 0.3) is 0 Å². The SMILES string of the molecule is COC1CC(NS(=O)(=O)c2cccc(C#CCN)c2)C1. The molecular formula is C14H18N2O3S. The third-order valence-electron chi connectivity index (χ3n) is 3.23. The zero-order valence-electron chi connectivity index (χ0n) is 11.3. The van der Waals surface area contributed by atoms with Gasteiger partial charge < -0.3 is 10.5 Å². The van der Waals surface area contributed by atoms with Crippen LogP contribution in [0.25, 0.3) is 0 Å². The molecule has 0 aliphatic heterocycles. The summed E-state index contributed by atoms with van der Waals surface area (Å²) in [6, 6.07) is 6.49. The number of benzene rings is 1. The predicted molar refractivity (Wildman–Crippen MR) is 76.5 cm³/mol. The molecule has 0 unspecified atom stereocenters. The van der Waals surface area contributed by atoms with Gasteiger partial charge in [-0.3, -0.25) is 0 Å². The molecule has 5 nitrogen and oxygen atoms in total. The smallest absolute Gasteiger partial charge is 0.240 e. The summed E-state index contributed by atoms with van der Waals surface area (Å²) in [5.74, 6) is 5.53. The van der Waals surface area contributed by atoms with Crippen LogP contribution < -0.4 is 10.5 Å². The molecule has 0 atom stereocenters. The van der Waals surface area contributed by atoms with E-state index >= 15 is 0 Å². The van der Waals surface area contributed by atoms with Crippen molar-refractivity contribution < 1.29 is 13.2 Å². The van der Waals surface area contributed by atoms with Crippen LogP contribution in [-0.2, 0) is 14.8 Å². The lowest BCUT2D eigenvalue weighted by Crippen LogP contribution is -2.47. The molecule has 2 rings (SSSR count). The van der Waals surface area contributed by atoms with Gasteiger partial charge in [0.1, 0.15) is 0 Å². The molecule has 0 heterocycles. The van der Waals surface area contributed by atoms with Gasteiger partial charge in [0, 0.05) is 18.7 Å². The van der Waals surface area contributed by atoms with E-state index in [0.717, 1.165) is 0 Å². The first-order valence-corrected chi connectivity index (χ1v) is 7.87. The van der Waals surface area contributed by atoms with E-state index in [9.17, 15) is 8.42 Å². The Morgan fingerprint density at radius 2 is 2.20 bits per heavy atom. The van der Waals surface area contributed by atoms with Gasteiger partial charge in [-0.15, -0.1) is 0 Å². The molecule has 0 spiro atoms. The maximum absolute atomic E-state index is 12.2. The number of ether oxygens (including phenoxy) is 1. The van der Waals surface area contributed by atoms with Crippen molar-refractivity contribution >= 4 is 10.0 Å². The Morgan fingerprint density at radius 1 is 1.45 bits per heavy atom. The Morgan fingerprint density at radius 3 is 2.85 bits per heavy atom. The summed E-state index contributed by atoms with van der Waals surface area (Å²) in [5.41, 5.74) is 5.94. The van der Waals surface area contributed by atoms with E-state index in [1.165, 1.54) is 0 Å². The maximum Gasteiger partial charge on any atom is 0.240 e. The van der Waals surface area contributed by atoms with Crippen LogP contribution in [0.3, 0.4) is 0 Å². The van der Waals surface area contributed by atoms with Gasteiger partial charge >= 0.3 is 0 Å². The number of hydrogen-bond donors (Lipinski definition) is 2. The summed E-state index contributed by atoms with van der Waals surface area (Å²) in [4.78, 5) is 0.224. The molecule has 0 bridgehead atoms. The van der Waals surface area contributed by atoms with Crippen molar-refractivity contribution in [3.05, 3.63) is 29.8 Å². The highest BCUT2D eigenvalue weighted by Crippen LogP contribution is 2.24. The van der Waals surface area contributed by atoms with Crippen LogP contribution >= 0.6 is 0 Å². The van der Waals surface area contributed by atoms with Crippen molar-refractivity contribution in [3.63, 3.8) is 0 Å². The lowest BCUT2D eigenvalue weighted by atomic mass is 9.90. The van der Waals surface area contributed by atoms with Crippen molar-refractivity contribution in [2.24, 2.45) is 5.73 Å². The summed E-state index contributed by atoms with van der Waals surface area (Å²) in [6.45, 7) is 0.246. The molecule has 3 N–H and O–H groups in total. The average Bonchev–Trinajstić information content (AvgIpc) is 2.40. The Kier molecular flexibility index (Phi) is 4.78. The Bertz CT molecular complexity index is 625. The Labute approximate surface area is 119 Å². The summed E-state index contributed by atoms with van der Waals surface area (Å²) < 4.78 is 32.3.